The third-order valence-corrected chi connectivity index (χ3v) is 0.780. The lowest BCUT2D eigenvalue weighted by Gasteiger charge is -1.89. The van der Waals surface area contributed by atoms with Crippen LogP contribution in [0.4, 0.5) is 0 Å². The molecule has 0 aliphatic rings. The van der Waals surface area contributed by atoms with Gasteiger partial charge in [-0.2, -0.15) is 0 Å². The molecule has 0 aromatic heterocycles. The third kappa shape index (κ3) is 42.4. The molecular weight excluding hydrogens is 153 g/mol. The molecule has 0 aliphatic carbocycles. The van der Waals surface area contributed by atoms with Crippen molar-refractivity contribution in [3.8, 4) is 0 Å². The van der Waals surface area contributed by atoms with Crippen LogP contribution in [0, 0.1) is 0 Å². The Labute approximate surface area is 62.2 Å². The summed E-state index contributed by atoms with van der Waals surface area (Å²) in [6.45, 7) is 3.36. The predicted octanol–water partition coefficient (Wildman–Crippen LogP) is 0.367. The van der Waals surface area contributed by atoms with Crippen LogP contribution >= 0.6 is 8.25 Å². The molecule has 0 heterocycles. The monoisotopic (exact) mass is 169 g/mol. The number of hydrogen-bond acceptors (Lipinski definition) is 2. The van der Waals surface area contributed by atoms with E-state index < -0.39 is 8.25 Å². The van der Waals surface area contributed by atoms with Crippen LogP contribution in [0.5, 0.6) is 0 Å². The van der Waals surface area contributed by atoms with Crippen LogP contribution in [0.3, 0.4) is 0 Å². The molecule has 5 heteroatoms. The Kier molecular flexibility index (Phi) is 15.1. The topological polar surface area (TPSA) is 69.6 Å². The Morgan fingerprint density at radius 1 is 1.50 bits per heavy atom. The molecule has 0 spiro atoms. The first kappa shape index (κ1) is 12.8. The SMILES string of the molecule is CCCCNC.O=[PH](O)O. The normalized spacial score (nSPS) is 8.90. The maximum Gasteiger partial charge on any atom is 0.314 e. The summed E-state index contributed by atoms with van der Waals surface area (Å²) in [5.41, 5.74) is 0. The van der Waals surface area contributed by atoms with Crippen LogP contribution in [0.1, 0.15) is 19.8 Å². The highest BCUT2D eigenvalue weighted by atomic mass is 31.1. The van der Waals surface area contributed by atoms with Crippen molar-refractivity contribution in [2.24, 2.45) is 0 Å². The lowest BCUT2D eigenvalue weighted by molar-refractivity contribution is 0.405. The first-order valence-electron chi connectivity index (χ1n) is 3.21. The van der Waals surface area contributed by atoms with Crippen LogP contribution in [-0.4, -0.2) is 23.4 Å². The Morgan fingerprint density at radius 3 is 2.00 bits per heavy atom. The summed E-state index contributed by atoms with van der Waals surface area (Å²) in [6, 6.07) is 0. The molecule has 0 atom stereocenters. The van der Waals surface area contributed by atoms with Gasteiger partial charge >= 0.3 is 8.25 Å². The summed E-state index contributed by atoms with van der Waals surface area (Å²) in [6.07, 6.45) is 2.59. The van der Waals surface area contributed by atoms with E-state index in [0.29, 0.717) is 0 Å². The van der Waals surface area contributed by atoms with Gasteiger partial charge in [0.2, 0.25) is 0 Å². The molecule has 0 amide bonds. The summed E-state index contributed by atoms with van der Waals surface area (Å²) in [5, 5.41) is 3.07. The zero-order valence-corrected chi connectivity index (χ0v) is 7.42. The minimum absolute atomic E-state index is 1.16. The number of nitrogens with one attached hydrogen (secondary N) is 1. The molecule has 0 fully saturated rings. The number of hydrogen-bond donors (Lipinski definition) is 3. The van der Waals surface area contributed by atoms with Crippen molar-refractivity contribution < 1.29 is 14.4 Å². The van der Waals surface area contributed by atoms with Gasteiger partial charge < -0.3 is 15.1 Å². The molecule has 0 bridgehead atoms. The van der Waals surface area contributed by atoms with E-state index in [4.69, 9.17) is 14.4 Å². The summed E-state index contributed by atoms with van der Waals surface area (Å²) in [7, 11) is -1.15. The van der Waals surface area contributed by atoms with Gasteiger partial charge in [0.05, 0.1) is 0 Å². The van der Waals surface area contributed by atoms with Gasteiger partial charge in [-0.3, -0.25) is 4.57 Å². The highest BCUT2D eigenvalue weighted by molar-refractivity contribution is 7.30. The first-order chi connectivity index (χ1) is 4.65. The third-order valence-electron chi connectivity index (χ3n) is 0.780. The zero-order valence-electron chi connectivity index (χ0n) is 6.42. The fourth-order valence-corrected chi connectivity index (χ4v) is 0.354. The lowest BCUT2D eigenvalue weighted by atomic mass is 10.3. The molecule has 0 aromatic rings. The lowest BCUT2D eigenvalue weighted by Crippen LogP contribution is -2.06. The van der Waals surface area contributed by atoms with E-state index in [9.17, 15) is 0 Å². The maximum absolute atomic E-state index is 8.74. The predicted molar refractivity (Wildman–Crippen MR) is 42.3 cm³/mol. The molecule has 0 saturated carbocycles. The second kappa shape index (κ2) is 11.9. The van der Waals surface area contributed by atoms with Gasteiger partial charge in [0.1, 0.15) is 0 Å². The Morgan fingerprint density at radius 2 is 1.90 bits per heavy atom. The Balaban J connectivity index is 0. The summed E-state index contributed by atoms with van der Waals surface area (Å²) in [5.74, 6) is 0. The van der Waals surface area contributed by atoms with E-state index >= 15 is 0 Å². The number of rotatable bonds is 3. The molecular formula is C5H16NO3P. The van der Waals surface area contributed by atoms with E-state index in [1.165, 1.54) is 12.8 Å². The minimum atomic E-state index is -3.13. The molecule has 0 radical (unpaired) electrons. The van der Waals surface area contributed by atoms with Crippen LogP contribution < -0.4 is 5.32 Å². The Hall–Kier alpha value is 0.110. The van der Waals surface area contributed by atoms with Crippen LogP contribution in [-0.2, 0) is 4.57 Å². The quantitative estimate of drug-likeness (QED) is 0.421. The van der Waals surface area contributed by atoms with Gasteiger partial charge in [0.15, 0.2) is 0 Å². The van der Waals surface area contributed by atoms with Gasteiger partial charge in [-0.25, -0.2) is 0 Å². The van der Waals surface area contributed by atoms with Gasteiger partial charge in [-0.15, -0.1) is 0 Å². The molecule has 64 valence electrons. The van der Waals surface area contributed by atoms with Crippen molar-refractivity contribution in [1.29, 1.82) is 0 Å². The van der Waals surface area contributed by atoms with Gasteiger partial charge in [0, 0.05) is 0 Å². The second-order valence-corrected chi connectivity index (χ2v) is 2.30. The van der Waals surface area contributed by atoms with Crippen molar-refractivity contribution in [2.75, 3.05) is 13.6 Å². The largest absolute Gasteiger partial charge is 0.326 e. The first-order valence-corrected chi connectivity index (χ1v) is 4.51. The highest BCUT2D eigenvalue weighted by Gasteiger charge is 1.73. The molecule has 0 aromatic carbocycles. The molecule has 10 heavy (non-hydrogen) atoms. The van der Waals surface area contributed by atoms with E-state index in [1.54, 1.807) is 0 Å². The molecule has 3 N–H and O–H groups in total. The standard InChI is InChI=1S/C5H13N.H3O3P/c1-3-4-5-6-2;1-4(2)3/h6H,3-5H2,1-2H3;4H,(H2,1,2,3). The molecule has 0 rings (SSSR count). The van der Waals surface area contributed by atoms with Gasteiger partial charge in [-0.1, -0.05) is 13.3 Å². The zero-order chi connectivity index (χ0) is 8.41. The second-order valence-electron chi connectivity index (χ2n) is 1.74. The van der Waals surface area contributed by atoms with Crippen molar-refractivity contribution in [1.82, 2.24) is 5.32 Å². The number of unbranched alkanes of at least 4 members (excludes halogenated alkanes) is 1. The fourth-order valence-electron chi connectivity index (χ4n) is 0.354. The summed E-state index contributed by atoms with van der Waals surface area (Å²) >= 11 is 0. The van der Waals surface area contributed by atoms with Crippen molar-refractivity contribution >= 4 is 8.25 Å². The van der Waals surface area contributed by atoms with Crippen LogP contribution in [0.15, 0.2) is 0 Å². The highest BCUT2D eigenvalue weighted by Crippen LogP contribution is 1.98. The van der Waals surface area contributed by atoms with Crippen molar-refractivity contribution in [2.45, 2.75) is 19.8 Å². The van der Waals surface area contributed by atoms with Gasteiger partial charge in [0.25, 0.3) is 0 Å². The molecule has 0 unspecified atom stereocenters. The van der Waals surface area contributed by atoms with E-state index in [-0.39, 0.29) is 0 Å². The maximum atomic E-state index is 8.74. The van der Waals surface area contributed by atoms with Crippen molar-refractivity contribution in [3.05, 3.63) is 0 Å². The van der Waals surface area contributed by atoms with E-state index in [0.717, 1.165) is 6.54 Å². The van der Waals surface area contributed by atoms with E-state index in [2.05, 4.69) is 12.2 Å². The smallest absolute Gasteiger partial charge is 0.314 e. The average molecular weight is 169 g/mol. The van der Waals surface area contributed by atoms with Gasteiger partial charge in [-0.05, 0) is 20.0 Å². The molecule has 0 aliphatic heterocycles. The Bertz CT molecular complexity index is 71.3. The van der Waals surface area contributed by atoms with Crippen LogP contribution in [0.25, 0.3) is 0 Å². The fraction of sp³-hybridized carbons (Fsp3) is 1.00. The van der Waals surface area contributed by atoms with Crippen LogP contribution in [0.2, 0.25) is 0 Å². The van der Waals surface area contributed by atoms with E-state index in [1.807, 2.05) is 7.05 Å². The molecule has 0 saturated heterocycles. The summed E-state index contributed by atoms with van der Waals surface area (Å²) < 4.78 is 8.74. The molecule has 4 nitrogen and oxygen atoms in total. The minimum Gasteiger partial charge on any atom is -0.326 e. The average Bonchev–Trinajstić information content (AvgIpc) is 1.82. The van der Waals surface area contributed by atoms with Crippen molar-refractivity contribution in [3.63, 3.8) is 0 Å². The summed E-state index contributed by atoms with van der Waals surface area (Å²) in [4.78, 5) is 14.3.